The fraction of sp³-hybridized carbons (Fsp3) is 0. The molecule has 1 heterocycles. The molecule has 0 aliphatic carbocycles. The van der Waals surface area contributed by atoms with Crippen molar-refractivity contribution in [1.29, 1.82) is 0 Å². The first-order chi connectivity index (χ1) is 29.8. The highest BCUT2D eigenvalue weighted by atomic mass is 15.1. The van der Waals surface area contributed by atoms with E-state index < -0.39 is 0 Å². The van der Waals surface area contributed by atoms with Gasteiger partial charge in [0.05, 0.1) is 16.7 Å². The van der Waals surface area contributed by atoms with E-state index >= 15 is 0 Å². The third-order valence-electron chi connectivity index (χ3n) is 11.8. The fourth-order valence-electron chi connectivity index (χ4n) is 8.91. The van der Waals surface area contributed by atoms with Crippen molar-refractivity contribution >= 4 is 49.6 Å². The van der Waals surface area contributed by atoms with Gasteiger partial charge in [0, 0.05) is 33.4 Å². The maximum Gasteiger partial charge on any atom is 0.0547 e. The molecular formula is C58H40N2. The van der Waals surface area contributed by atoms with E-state index in [9.17, 15) is 0 Å². The van der Waals surface area contributed by atoms with Crippen LogP contribution in [0.1, 0.15) is 0 Å². The summed E-state index contributed by atoms with van der Waals surface area (Å²) in [7, 11) is 0. The third-order valence-corrected chi connectivity index (χ3v) is 11.8. The predicted octanol–water partition coefficient (Wildman–Crippen LogP) is 16.1. The van der Waals surface area contributed by atoms with Gasteiger partial charge in [-0.3, -0.25) is 0 Å². The first kappa shape index (κ1) is 35.2. The van der Waals surface area contributed by atoms with E-state index in [0.29, 0.717) is 0 Å². The Morgan fingerprint density at radius 3 is 1.58 bits per heavy atom. The third kappa shape index (κ3) is 6.32. The summed E-state index contributed by atoms with van der Waals surface area (Å²) in [6.45, 7) is 0. The largest absolute Gasteiger partial charge is 0.310 e. The van der Waals surface area contributed by atoms with Crippen molar-refractivity contribution in [3.05, 3.63) is 243 Å². The number of nitrogens with zero attached hydrogens (tertiary/aromatic N) is 2. The molecule has 0 N–H and O–H groups in total. The van der Waals surface area contributed by atoms with Gasteiger partial charge in [-0.1, -0.05) is 176 Å². The maximum atomic E-state index is 2.40. The van der Waals surface area contributed by atoms with Crippen LogP contribution in [0.2, 0.25) is 0 Å². The minimum atomic E-state index is 1.09. The second-order valence-corrected chi connectivity index (χ2v) is 15.3. The number of hydrogen-bond donors (Lipinski definition) is 0. The Morgan fingerprint density at radius 1 is 0.300 bits per heavy atom. The molecular weight excluding hydrogens is 725 g/mol. The molecule has 0 atom stereocenters. The van der Waals surface area contributed by atoms with Crippen LogP contribution in [0.4, 0.5) is 17.1 Å². The smallest absolute Gasteiger partial charge is 0.0547 e. The van der Waals surface area contributed by atoms with Gasteiger partial charge in [-0.15, -0.1) is 0 Å². The lowest BCUT2D eigenvalue weighted by atomic mass is 9.94. The number of hydrogen-bond acceptors (Lipinski definition) is 1. The van der Waals surface area contributed by atoms with E-state index in [1.54, 1.807) is 0 Å². The van der Waals surface area contributed by atoms with Gasteiger partial charge in [0.15, 0.2) is 0 Å². The van der Waals surface area contributed by atoms with Gasteiger partial charge in [-0.2, -0.15) is 0 Å². The van der Waals surface area contributed by atoms with Crippen molar-refractivity contribution in [1.82, 2.24) is 4.57 Å². The van der Waals surface area contributed by atoms with Crippen LogP contribution in [0.3, 0.4) is 0 Å². The maximum absolute atomic E-state index is 2.40. The lowest BCUT2D eigenvalue weighted by Crippen LogP contribution is -2.11. The van der Waals surface area contributed by atoms with Crippen molar-refractivity contribution in [2.45, 2.75) is 0 Å². The molecule has 0 fully saturated rings. The Bertz CT molecular complexity index is 3290. The number of anilines is 3. The van der Waals surface area contributed by atoms with Gasteiger partial charge < -0.3 is 9.47 Å². The molecule has 0 aliphatic heterocycles. The van der Waals surface area contributed by atoms with E-state index in [2.05, 4.69) is 252 Å². The molecule has 10 aromatic carbocycles. The summed E-state index contributed by atoms with van der Waals surface area (Å²) in [4.78, 5) is 2.40. The SMILES string of the molecule is c1ccc(-c2ccc(N(c3ccc(-c4ccc5ccccc5c4)cc3)c3ccccc3-c3cccc(-c4cccc5c4c4ccccc4n5-c4ccccc4)c3)cc2)cc1. The topological polar surface area (TPSA) is 8.17 Å². The first-order valence-corrected chi connectivity index (χ1v) is 20.6. The van der Waals surface area contributed by atoms with Crippen molar-refractivity contribution in [3.63, 3.8) is 0 Å². The molecule has 1 aromatic heterocycles. The number of para-hydroxylation sites is 3. The summed E-state index contributed by atoms with van der Waals surface area (Å²) in [6, 6.07) is 87.9. The van der Waals surface area contributed by atoms with E-state index in [1.807, 2.05) is 0 Å². The highest BCUT2D eigenvalue weighted by Gasteiger charge is 2.20. The lowest BCUT2D eigenvalue weighted by molar-refractivity contribution is 1.18. The Kier molecular flexibility index (Phi) is 8.87. The quantitative estimate of drug-likeness (QED) is 0.150. The van der Waals surface area contributed by atoms with Crippen molar-refractivity contribution in [2.75, 3.05) is 4.90 Å². The first-order valence-electron chi connectivity index (χ1n) is 20.6. The lowest BCUT2D eigenvalue weighted by Gasteiger charge is -2.28. The van der Waals surface area contributed by atoms with Crippen LogP contribution in [0.25, 0.3) is 82.8 Å². The van der Waals surface area contributed by atoms with E-state index in [0.717, 1.165) is 33.9 Å². The molecule has 0 radical (unpaired) electrons. The molecule has 2 heteroatoms. The minimum Gasteiger partial charge on any atom is -0.310 e. The van der Waals surface area contributed by atoms with Crippen molar-refractivity contribution in [2.24, 2.45) is 0 Å². The Balaban J connectivity index is 1.04. The second-order valence-electron chi connectivity index (χ2n) is 15.3. The van der Waals surface area contributed by atoms with Gasteiger partial charge in [0.25, 0.3) is 0 Å². The molecule has 0 amide bonds. The average Bonchev–Trinajstić information content (AvgIpc) is 3.67. The molecule has 0 unspecified atom stereocenters. The van der Waals surface area contributed by atoms with Crippen molar-refractivity contribution < 1.29 is 0 Å². The molecule has 0 saturated carbocycles. The summed E-state index contributed by atoms with van der Waals surface area (Å²) in [5, 5.41) is 5.00. The molecule has 0 spiro atoms. The number of fused-ring (bicyclic) bond motifs is 4. The number of rotatable bonds is 8. The summed E-state index contributed by atoms with van der Waals surface area (Å²) in [5.74, 6) is 0. The van der Waals surface area contributed by atoms with Crippen LogP contribution in [0.15, 0.2) is 243 Å². The van der Waals surface area contributed by atoms with Gasteiger partial charge >= 0.3 is 0 Å². The predicted molar refractivity (Wildman–Crippen MR) is 255 cm³/mol. The average molecular weight is 765 g/mol. The fourth-order valence-corrected chi connectivity index (χ4v) is 8.91. The standard InChI is InChI=1S/C58H40N2/c1-3-15-41(16-4-1)43-31-35-50(36-32-43)59(51-37-33-44(34-38-51)46-30-29-42-17-7-8-18-45(42)39-46)55-26-11-9-23-52(55)47-19-13-20-48(40-47)53-25-14-28-57-58(53)54-24-10-12-27-56(54)60(57)49-21-5-2-6-22-49/h1-40H. The van der Waals surface area contributed by atoms with Crippen molar-refractivity contribution in [3.8, 4) is 50.2 Å². The Labute approximate surface area is 350 Å². The highest BCUT2D eigenvalue weighted by molar-refractivity contribution is 6.16. The van der Waals surface area contributed by atoms with Gasteiger partial charge in [0.2, 0.25) is 0 Å². The van der Waals surface area contributed by atoms with Crippen LogP contribution < -0.4 is 4.90 Å². The Hall–Kier alpha value is -7.94. The van der Waals surface area contributed by atoms with Crippen LogP contribution in [0, 0.1) is 0 Å². The van der Waals surface area contributed by atoms with Crippen LogP contribution >= 0.6 is 0 Å². The minimum absolute atomic E-state index is 1.09. The molecule has 0 bridgehead atoms. The van der Waals surface area contributed by atoms with Crippen LogP contribution in [0.5, 0.6) is 0 Å². The molecule has 11 rings (SSSR count). The zero-order chi connectivity index (χ0) is 39.8. The van der Waals surface area contributed by atoms with E-state index in [4.69, 9.17) is 0 Å². The zero-order valence-corrected chi connectivity index (χ0v) is 33.0. The second kappa shape index (κ2) is 15.1. The number of benzene rings is 10. The summed E-state index contributed by atoms with van der Waals surface area (Å²) >= 11 is 0. The normalized spacial score (nSPS) is 11.3. The molecule has 11 aromatic rings. The monoisotopic (exact) mass is 764 g/mol. The summed E-state index contributed by atoms with van der Waals surface area (Å²) < 4.78 is 2.39. The van der Waals surface area contributed by atoms with Crippen LogP contribution in [-0.2, 0) is 0 Å². The molecule has 60 heavy (non-hydrogen) atoms. The van der Waals surface area contributed by atoms with Crippen LogP contribution in [-0.4, -0.2) is 4.57 Å². The molecule has 2 nitrogen and oxygen atoms in total. The summed E-state index contributed by atoms with van der Waals surface area (Å²) in [6.07, 6.45) is 0. The molecule has 0 aliphatic rings. The zero-order valence-electron chi connectivity index (χ0n) is 33.0. The van der Waals surface area contributed by atoms with E-state index in [-0.39, 0.29) is 0 Å². The Morgan fingerprint density at radius 2 is 0.817 bits per heavy atom. The number of aromatic nitrogens is 1. The van der Waals surface area contributed by atoms with Gasteiger partial charge in [0.1, 0.15) is 0 Å². The molecule has 0 saturated heterocycles. The van der Waals surface area contributed by atoms with Gasteiger partial charge in [-0.05, 0) is 116 Å². The van der Waals surface area contributed by atoms with E-state index in [1.165, 1.54) is 66.0 Å². The summed E-state index contributed by atoms with van der Waals surface area (Å²) in [5.41, 5.74) is 16.4. The molecule has 282 valence electrons. The van der Waals surface area contributed by atoms with Gasteiger partial charge in [-0.25, -0.2) is 0 Å². The highest BCUT2D eigenvalue weighted by Crippen LogP contribution is 2.44.